The van der Waals surface area contributed by atoms with E-state index in [0.717, 1.165) is 0 Å². The molecule has 32 heavy (non-hydrogen) atoms. The van der Waals surface area contributed by atoms with Crippen LogP contribution in [0.2, 0.25) is 0 Å². The molecule has 0 spiro atoms. The minimum Gasteiger partial charge on any atom is -1.00 e. The van der Waals surface area contributed by atoms with Crippen molar-refractivity contribution in [3.05, 3.63) is 48.5 Å². The van der Waals surface area contributed by atoms with Crippen LogP contribution >= 0.6 is 15.8 Å². The van der Waals surface area contributed by atoms with E-state index in [4.69, 9.17) is 0 Å². The van der Waals surface area contributed by atoms with Crippen LogP contribution in [0.15, 0.2) is 48.5 Å². The third-order valence-corrected chi connectivity index (χ3v) is 12.7. The minimum atomic E-state index is -0.510. The molecular formula is C26H46Cl2FeP2Pd+2. The molecule has 0 N–H and O–H groups in total. The first-order chi connectivity index (χ1) is 12.5. The molecule has 0 saturated heterocycles. The van der Waals surface area contributed by atoms with Gasteiger partial charge < -0.3 is 24.8 Å². The molecule has 0 nitrogen and oxygen atoms in total. The van der Waals surface area contributed by atoms with Gasteiger partial charge in [0.05, 0.1) is 20.6 Å². The zero-order valence-electron chi connectivity index (χ0n) is 22.0. The summed E-state index contributed by atoms with van der Waals surface area (Å²) in [6.07, 6.45) is 0. The van der Waals surface area contributed by atoms with Crippen LogP contribution < -0.4 is 35.4 Å². The van der Waals surface area contributed by atoms with Crippen molar-refractivity contribution in [2.45, 2.75) is 104 Å². The van der Waals surface area contributed by atoms with Gasteiger partial charge >= 0.3 is 37.5 Å². The smallest absolute Gasteiger partial charge is 1.00 e. The molecule has 0 saturated carbocycles. The molecule has 0 atom stereocenters. The summed E-state index contributed by atoms with van der Waals surface area (Å²) < 4.78 is 0. The molecule has 0 unspecified atom stereocenters. The maximum atomic E-state index is 2.37. The molecule has 0 aliphatic heterocycles. The predicted octanol–water partition coefficient (Wildman–Crippen LogP) is 1.69. The SMILES string of the molecule is CC(C)(C)[PH+]([c-]1cccc1)C(C)(C)C.CC(C)(C)[PH+]([c-]1cccc1)C(C)(C)C.[Cl-].[Cl-].[Fe+2].[Pd+2]. The molecule has 0 amide bonds. The van der Waals surface area contributed by atoms with Crippen LogP contribution in [0.3, 0.4) is 0 Å². The van der Waals surface area contributed by atoms with Crippen LogP contribution in [-0.4, -0.2) is 20.6 Å². The van der Waals surface area contributed by atoms with Gasteiger partial charge in [0.25, 0.3) is 0 Å². The van der Waals surface area contributed by atoms with Gasteiger partial charge in [-0.2, -0.15) is 0 Å². The third kappa shape index (κ3) is 12.9. The summed E-state index contributed by atoms with van der Waals surface area (Å²) >= 11 is 0. The van der Waals surface area contributed by atoms with Crippen molar-refractivity contribution in [3.8, 4) is 0 Å². The number of halogens is 2. The van der Waals surface area contributed by atoms with Crippen LogP contribution in [-0.2, 0) is 37.5 Å². The van der Waals surface area contributed by atoms with Gasteiger partial charge in [-0.1, -0.05) is 0 Å². The van der Waals surface area contributed by atoms with Crippen molar-refractivity contribution in [3.63, 3.8) is 0 Å². The van der Waals surface area contributed by atoms with Gasteiger partial charge in [-0.25, -0.2) is 24.3 Å². The molecule has 0 fully saturated rings. The summed E-state index contributed by atoms with van der Waals surface area (Å²) in [5, 5.41) is 4.87. The molecule has 190 valence electrons. The van der Waals surface area contributed by atoms with Gasteiger partial charge in [0.1, 0.15) is 0 Å². The van der Waals surface area contributed by atoms with E-state index >= 15 is 0 Å². The van der Waals surface area contributed by atoms with Crippen LogP contribution in [0.1, 0.15) is 83.1 Å². The summed E-state index contributed by atoms with van der Waals surface area (Å²) in [7, 11) is -1.02. The second-order valence-corrected chi connectivity index (χ2v) is 20.8. The zero-order chi connectivity index (χ0) is 22.0. The van der Waals surface area contributed by atoms with E-state index in [9.17, 15) is 0 Å². The van der Waals surface area contributed by atoms with Crippen molar-refractivity contribution in [2.75, 3.05) is 0 Å². The summed E-state index contributed by atoms with van der Waals surface area (Å²) in [6, 6.07) is 17.8. The van der Waals surface area contributed by atoms with E-state index in [0.29, 0.717) is 20.6 Å². The second kappa shape index (κ2) is 15.4. The van der Waals surface area contributed by atoms with Gasteiger partial charge in [0.15, 0.2) is 0 Å². The Kier molecular flexibility index (Phi) is 19.5. The van der Waals surface area contributed by atoms with Gasteiger partial charge in [-0.3, -0.25) is 0 Å². The van der Waals surface area contributed by atoms with Crippen LogP contribution in [0.5, 0.6) is 0 Å². The molecule has 0 aliphatic rings. The van der Waals surface area contributed by atoms with Crippen molar-refractivity contribution >= 4 is 26.5 Å². The molecule has 0 heterocycles. The molecular weight excluding hydrogens is 607 g/mol. The normalized spacial score (nSPS) is 11.9. The Morgan fingerprint density at radius 3 is 0.719 bits per heavy atom. The summed E-state index contributed by atoms with van der Waals surface area (Å²) in [5.41, 5.74) is 0. The van der Waals surface area contributed by atoms with Crippen molar-refractivity contribution < 1.29 is 62.3 Å². The fourth-order valence-electron chi connectivity index (χ4n) is 5.06. The van der Waals surface area contributed by atoms with Crippen molar-refractivity contribution in [1.82, 2.24) is 0 Å². The summed E-state index contributed by atoms with van der Waals surface area (Å²) in [5.74, 6) is 0. The molecule has 2 aromatic rings. The first kappa shape index (κ1) is 40.5. The Morgan fingerprint density at radius 2 is 0.594 bits per heavy atom. The number of hydrogen-bond donors (Lipinski definition) is 0. The fourth-order valence-corrected chi connectivity index (χ4v) is 14.1. The first-order valence-corrected chi connectivity index (χ1v) is 13.7. The molecule has 2 aromatic carbocycles. The van der Waals surface area contributed by atoms with E-state index in [1.54, 1.807) is 10.6 Å². The Balaban J connectivity index is -0.000000218. The van der Waals surface area contributed by atoms with E-state index in [2.05, 4.69) is 132 Å². The van der Waals surface area contributed by atoms with E-state index in [-0.39, 0.29) is 62.3 Å². The molecule has 0 radical (unpaired) electrons. The molecule has 0 aliphatic carbocycles. The van der Waals surface area contributed by atoms with Crippen molar-refractivity contribution in [1.29, 1.82) is 0 Å². The van der Waals surface area contributed by atoms with Crippen LogP contribution in [0.4, 0.5) is 0 Å². The number of hydrogen-bond acceptors (Lipinski definition) is 0. The van der Waals surface area contributed by atoms with Gasteiger partial charge in [-0.15, -0.1) is 24.3 Å². The van der Waals surface area contributed by atoms with E-state index < -0.39 is 15.8 Å². The summed E-state index contributed by atoms with van der Waals surface area (Å²) in [6.45, 7) is 28.5. The average Bonchev–Trinajstić information content (AvgIpc) is 3.06. The molecule has 6 heteroatoms. The molecule has 2 rings (SSSR count). The molecule has 0 aromatic heterocycles. The summed E-state index contributed by atoms with van der Waals surface area (Å²) in [4.78, 5) is 0. The van der Waals surface area contributed by atoms with Crippen LogP contribution in [0.25, 0.3) is 0 Å². The third-order valence-electron chi connectivity index (χ3n) is 4.90. The fraction of sp³-hybridized carbons (Fsp3) is 0.615. The Bertz CT molecular complexity index is 596. The first-order valence-electron chi connectivity index (χ1n) is 10.7. The zero-order valence-corrected chi connectivity index (χ0v) is 28.2. The van der Waals surface area contributed by atoms with Gasteiger partial charge in [0.2, 0.25) is 0 Å². The maximum absolute atomic E-state index is 2.37. The van der Waals surface area contributed by atoms with Crippen LogP contribution in [0, 0.1) is 0 Å². The Hall–Kier alpha value is 1.32. The monoisotopic (exact) mass is 652 g/mol. The quantitative estimate of drug-likeness (QED) is 0.263. The van der Waals surface area contributed by atoms with E-state index in [1.807, 2.05) is 0 Å². The average molecular weight is 654 g/mol. The van der Waals surface area contributed by atoms with Gasteiger partial charge in [-0.05, 0) is 110 Å². The molecule has 0 bridgehead atoms. The minimum absolute atomic E-state index is 0. The van der Waals surface area contributed by atoms with E-state index in [1.165, 1.54) is 0 Å². The maximum Gasteiger partial charge on any atom is 2.00 e. The Labute approximate surface area is 239 Å². The Morgan fingerprint density at radius 1 is 0.438 bits per heavy atom. The second-order valence-electron chi connectivity index (χ2n) is 12.1. The topological polar surface area (TPSA) is 0 Å². The van der Waals surface area contributed by atoms with Gasteiger partial charge in [0, 0.05) is 0 Å². The standard InChI is InChI=1S/2C13H23P.2ClH.Fe.Pd/c2*1-12(2,3)14(13(4,5)6)11-9-7-8-10-11;;;;/h2*7-10,14H,1-6H3;2*1H;;/q;;;;2*+2/p-2. The predicted molar refractivity (Wildman–Crippen MR) is 139 cm³/mol. The number of rotatable bonds is 2. The largest absolute Gasteiger partial charge is 2.00 e. The van der Waals surface area contributed by atoms with Crippen molar-refractivity contribution in [2.24, 2.45) is 0 Å².